The molecule has 28 heavy (non-hydrogen) atoms. The molecule has 0 N–H and O–H groups in total. The Hall–Kier alpha value is -2.60. The van der Waals surface area contributed by atoms with Crippen LogP contribution in [-0.2, 0) is 11.3 Å². The molecule has 1 aliphatic rings. The summed E-state index contributed by atoms with van der Waals surface area (Å²) in [6.07, 6.45) is 1.96. The van der Waals surface area contributed by atoms with Gasteiger partial charge in [0.2, 0.25) is 5.91 Å². The van der Waals surface area contributed by atoms with Crippen LogP contribution >= 0.6 is 0 Å². The highest BCUT2D eigenvalue weighted by atomic mass is 19.1. The summed E-state index contributed by atoms with van der Waals surface area (Å²) in [4.78, 5) is 16.5. The number of likely N-dealkylation sites (tertiary alicyclic amines) is 1. The summed E-state index contributed by atoms with van der Waals surface area (Å²) < 4.78 is 24.8. The molecule has 3 rings (SSSR count). The molecule has 0 bridgehead atoms. The number of carbonyl (C=O) groups is 1. The van der Waals surface area contributed by atoms with E-state index in [-0.39, 0.29) is 30.9 Å². The molecule has 0 aliphatic carbocycles. The average molecular weight is 386 g/mol. The largest absolute Gasteiger partial charge is 0.497 e. The van der Waals surface area contributed by atoms with E-state index >= 15 is 0 Å². The maximum Gasteiger partial charge on any atom is 0.236 e. The molecule has 6 heteroatoms. The van der Waals surface area contributed by atoms with E-state index in [1.54, 1.807) is 44.4 Å². The van der Waals surface area contributed by atoms with Crippen LogP contribution in [0.5, 0.6) is 11.5 Å². The van der Waals surface area contributed by atoms with E-state index in [1.165, 1.54) is 6.07 Å². The Labute approximate surface area is 165 Å². The number of likely N-dealkylation sites (N-methyl/N-ethyl adjacent to an activating group) is 1. The molecule has 1 heterocycles. The molecule has 1 atom stereocenters. The van der Waals surface area contributed by atoms with Crippen molar-refractivity contribution in [2.75, 3.05) is 34.4 Å². The Balaban J connectivity index is 1.71. The van der Waals surface area contributed by atoms with Crippen LogP contribution in [-0.4, -0.2) is 50.1 Å². The zero-order valence-electron chi connectivity index (χ0n) is 16.7. The fraction of sp³-hybridized carbons (Fsp3) is 0.409. The van der Waals surface area contributed by atoms with Gasteiger partial charge in [0, 0.05) is 30.8 Å². The molecule has 1 fully saturated rings. The van der Waals surface area contributed by atoms with Crippen LogP contribution in [0.1, 0.15) is 30.0 Å². The van der Waals surface area contributed by atoms with E-state index in [1.807, 2.05) is 18.2 Å². The SMILES string of the molecule is COc1ccc(OC)c([C@@H]2CCCN2CC(=O)N(C)Cc2ccccc2F)c1. The fourth-order valence-corrected chi connectivity index (χ4v) is 3.73. The number of hydrogen-bond donors (Lipinski definition) is 0. The van der Waals surface area contributed by atoms with Crippen LogP contribution in [0.4, 0.5) is 4.39 Å². The first kappa shape index (κ1) is 20.1. The van der Waals surface area contributed by atoms with Gasteiger partial charge in [-0.25, -0.2) is 4.39 Å². The number of ether oxygens (including phenoxy) is 2. The highest BCUT2D eigenvalue weighted by Crippen LogP contribution is 2.38. The number of carbonyl (C=O) groups excluding carboxylic acids is 1. The lowest BCUT2D eigenvalue weighted by atomic mass is 10.0. The van der Waals surface area contributed by atoms with Crippen LogP contribution in [0.2, 0.25) is 0 Å². The first-order valence-corrected chi connectivity index (χ1v) is 9.46. The Morgan fingerprint density at radius 2 is 2.00 bits per heavy atom. The van der Waals surface area contributed by atoms with E-state index in [9.17, 15) is 9.18 Å². The highest BCUT2D eigenvalue weighted by Gasteiger charge is 2.30. The first-order chi connectivity index (χ1) is 13.5. The molecular weight excluding hydrogens is 359 g/mol. The van der Waals surface area contributed by atoms with Gasteiger partial charge in [0.15, 0.2) is 0 Å². The highest BCUT2D eigenvalue weighted by molar-refractivity contribution is 5.78. The van der Waals surface area contributed by atoms with Crippen molar-refractivity contribution in [2.45, 2.75) is 25.4 Å². The van der Waals surface area contributed by atoms with Gasteiger partial charge in [-0.3, -0.25) is 9.69 Å². The summed E-state index contributed by atoms with van der Waals surface area (Å²) in [6, 6.07) is 12.4. The van der Waals surface area contributed by atoms with Gasteiger partial charge in [-0.15, -0.1) is 0 Å². The van der Waals surface area contributed by atoms with E-state index < -0.39 is 0 Å². The topological polar surface area (TPSA) is 42.0 Å². The smallest absolute Gasteiger partial charge is 0.236 e. The zero-order chi connectivity index (χ0) is 20.1. The fourth-order valence-electron chi connectivity index (χ4n) is 3.73. The van der Waals surface area contributed by atoms with E-state index in [0.717, 1.165) is 36.4 Å². The second-order valence-electron chi connectivity index (χ2n) is 7.08. The maximum absolute atomic E-state index is 13.9. The van der Waals surface area contributed by atoms with Crippen molar-refractivity contribution < 1.29 is 18.7 Å². The van der Waals surface area contributed by atoms with Crippen molar-refractivity contribution in [3.63, 3.8) is 0 Å². The van der Waals surface area contributed by atoms with Gasteiger partial charge in [0.1, 0.15) is 17.3 Å². The molecule has 0 unspecified atom stereocenters. The molecule has 0 aromatic heterocycles. The van der Waals surface area contributed by atoms with Crippen molar-refractivity contribution in [2.24, 2.45) is 0 Å². The van der Waals surface area contributed by atoms with E-state index in [4.69, 9.17) is 9.47 Å². The molecule has 5 nitrogen and oxygen atoms in total. The average Bonchev–Trinajstić information content (AvgIpc) is 3.17. The Kier molecular flexibility index (Phi) is 6.52. The number of amides is 1. The lowest BCUT2D eigenvalue weighted by Gasteiger charge is -2.28. The normalized spacial score (nSPS) is 16.8. The van der Waals surface area contributed by atoms with Crippen LogP contribution in [0.15, 0.2) is 42.5 Å². The number of nitrogens with zero attached hydrogens (tertiary/aromatic N) is 2. The number of methoxy groups -OCH3 is 2. The van der Waals surface area contributed by atoms with Crippen molar-refractivity contribution in [1.82, 2.24) is 9.80 Å². The minimum atomic E-state index is -0.290. The second-order valence-corrected chi connectivity index (χ2v) is 7.08. The van der Waals surface area contributed by atoms with E-state index in [2.05, 4.69) is 4.90 Å². The summed E-state index contributed by atoms with van der Waals surface area (Å²) in [5.74, 6) is 1.25. The zero-order valence-corrected chi connectivity index (χ0v) is 16.7. The Morgan fingerprint density at radius 1 is 1.21 bits per heavy atom. The van der Waals surface area contributed by atoms with Gasteiger partial charge in [-0.05, 0) is 43.7 Å². The molecule has 2 aromatic carbocycles. The number of benzene rings is 2. The number of hydrogen-bond acceptors (Lipinski definition) is 4. The Morgan fingerprint density at radius 3 is 2.71 bits per heavy atom. The van der Waals surface area contributed by atoms with Crippen LogP contribution in [0, 0.1) is 5.82 Å². The molecule has 150 valence electrons. The quantitative estimate of drug-likeness (QED) is 0.729. The predicted molar refractivity (Wildman–Crippen MR) is 106 cm³/mol. The van der Waals surface area contributed by atoms with Crippen LogP contribution in [0.3, 0.4) is 0 Å². The molecule has 0 saturated carbocycles. The van der Waals surface area contributed by atoms with Crippen molar-refractivity contribution in [3.05, 3.63) is 59.4 Å². The van der Waals surface area contributed by atoms with Crippen molar-refractivity contribution in [1.29, 1.82) is 0 Å². The van der Waals surface area contributed by atoms with Gasteiger partial charge < -0.3 is 14.4 Å². The van der Waals surface area contributed by atoms with E-state index in [0.29, 0.717) is 5.56 Å². The summed E-state index contributed by atoms with van der Waals surface area (Å²) in [5.41, 5.74) is 1.55. The lowest BCUT2D eigenvalue weighted by molar-refractivity contribution is -0.131. The van der Waals surface area contributed by atoms with Gasteiger partial charge in [0.25, 0.3) is 0 Å². The lowest BCUT2D eigenvalue weighted by Crippen LogP contribution is -2.38. The third kappa shape index (κ3) is 4.44. The monoisotopic (exact) mass is 386 g/mol. The van der Waals surface area contributed by atoms with Gasteiger partial charge in [-0.1, -0.05) is 18.2 Å². The van der Waals surface area contributed by atoms with Crippen molar-refractivity contribution >= 4 is 5.91 Å². The van der Waals surface area contributed by atoms with Gasteiger partial charge >= 0.3 is 0 Å². The summed E-state index contributed by atoms with van der Waals surface area (Å²) in [7, 11) is 5.00. The Bertz CT molecular complexity index is 827. The van der Waals surface area contributed by atoms with Gasteiger partial charge in [-0.2, -0.15) is 0 Å². The molecule has 2 aromatic rings. The van der Waals surface area contributed by atoms with Crippen LogP contribution in [0.25, 0.3) is 0 Å². The molecule has 1 saturated heterocycles. The minimum absolute atomic E-state index is 0.0305. The summed E-state index contributed by atoms with van der Waals surface area (Å²) in [6.45, 7) is 1.38. The summed E-state index contributed by atoms with van der Waals surface area (Å²) in [5, 5.41) is 0. The second kappa shape index (κ2) is 9.06. The van der Waals surface area contributed by atoms with Crippen molar-refractivity contribution in [3.8, 4) is 11.5 Å². The number of halogens is 1. The molecule has 0 spiro atoms. The summed E-state index contributed by atoms with van der Waals surface area (Å²) >= 11 is 0. The molecular formula is C22H27FN2O3. The third-order valence-electron chi connectivity index (χ3n) is 5.29. The van der Waals surface area contributed by atoms with Gasteiger partial charge in [0.05, 0.1) is 20.8 Å². The predicted octanol–water partition coefficient (Wildman–Crippen LogP) is 3.64. The van der Waals surface area contributed by atoms with Crippen LogP contribution < -0.4 is 9.47 Å². The molecule has 1 aliphatic heterocycles. The first-order valence-electron chi connectivity index (χ1n) is 9.46. The minimum Gasteiger partial charge on any atom is -0.497 e. The molecule has 1 amide bonds. The molecule has 0 radical (unpaired) electrons. The maximum atomic E-state index is 13.9. The standard InChI is InChI=1S/C22H27FN2O3/c1-24(14-16-7-4-5-8-19(16)23)22(26)15-25-12-6-9-20(25)18-13-17(27-2)10-11-21(18)28-3/h4-5,7-8,10-11,13,20H,6,9,12,14-15H2,1-3H3/t20-/m0/s1. The third-order valence-corrected chi connectivity index (χ3v) is 5.29. The number of rotatable bonds is 7.